The van der Waals surface area contributed by atoms with E-state index in [2.05, 4.69) is 36.5 Å². The van der Waals surface area contributed by atoms with E-state index < -0.39 is 0 Å². The first kappa shape index (κ1) is 16.4. The zero-order valence-electron chi connectivity index (χ0n) is 12.8. The Hall–Kier alpha value is -1.00. The minimum atomic E-state index is 0.150. The number of benzene rings is 1. The smallest absolute Gasteiger partial charge is 0.223 e. The zero-order chi connectivity index (χ0) is 15.1. The molecule has 0 saturated heterocycles. The van der Waals surface area contributed by atoms with E-state index in [0.29, 0.717) is 12.5 Å². The highest BCUT2D eigenvalue weighted by atomic mass is 32.2. The van der Waals surface area contributed by atoms with Crippen LogP contribution in [0.1, 0.15) is 30.4 Å². The summed E-state index contributed by atoms with van der Waals surface area (Å²) in [6, 6.07) is 8.63. The lowest BCUT2D eigenvalue weighted by Crippen LogP contribution is -2.36. The molecule has 0 aromatic heterocycles. The van der Waals surface area contributed by atoms with Crippen molar-refractivity contribution in [1.82, 2.24) is 5.32 Å². The molecule has 0 heterocycles. The van der Waals surface area contributed by atoms with Gasteiger partial charge >= 0.3 is 0 Å². The van der Waals surface area contributed by atoms with Gasteiger partial charge in [-0.25, -0.2) is 0 Å². The Morgan fingerprint density at radius 2 is 2.10 bits per heavy atom. The molecule has 21 heavy (non-hydrogen) atoms. The highest BCUT2D eigenvalue weighted by Crippen LogP contribution is 2.30. The second-order valence-electron chi connectivity index (χ2n) is 5.86. The Morgan fingerprint density at radius 3 is 2.81 bits per heavy atom. The first-order chi connectivity index (χ1) is 10.2. The Labute approximate surface area is 132 Å². The van der Waals surface area contributed by atoms with Gasteiger partial charge in [0, 0.05) is 24.0 Å². The zero-order valence-corrected chi connectivity index (χ0v) is 13.6. The van der Waals surface area contributed by atoms with Crippen molar-refractivity contribution in [3.8, 4) is 0 Å². The van der Waals surface area contributed by atoms with Crippen LogP contribution in [-0.4, -0.2) is 24.7 Å². The first-order valence-corrected chi connectivity index (χ1v) is 8.97. The van der Waals surface area contributed by atoms with E-state index in [-0.39, 0.29) is 11.8 Å². The average Bonchev–Trinajstić information content (AvgIpc) is 2.97. The first-order valence-electron chi connectivity index (χ1n) is 7.81. The van der Waals surface area contributed by atoms with Crippen LogP contribution in [0.4, 0.5) is 0 Å². The molecule has 0 bridgehead atoms. The Bertz CT molecular complexity index is 447. The Kier molecular flexibility index (Phi) is 6.58. The molecule has 4 heteroatoms. The van der Waals surface area contributed by atoms with Crippen LogP contribution in [-0.2, 0) is 10.5 Å². The third-order valence-electron chi connectivity index (χ3n) is 4.23. The molecule has 3 N–H and O–H groups in total. The van der Waals surface area contributed by atoms with E-state index in [1.54, 1.807) is 0 Å². The van der Waals surface area contributed by atoms with Crippen LogP contribution in [0.25, 0.3) is 0 Å². The fourth-order valence-electron chi connectivity index (χ4n) is 2.92. The van der Waals surface area contributed by atoms with Gasteiger partial charge in [-0.2, -0.15) is 11.8 Å². The van der Waals surface area contributed by atoms with Gasteiger partial charge in [0.15, 0.2) is 0 Å². The molecule has 0 aliphatic heterocycles. The van der Waals surface area contributed by atoms with Crippen molar-refractivity contribution < 1.29 is 4.79 Å². The Morgan fingerprint density at radius 1 is 1.33 bits per heavy atom. The number of thioether (sulfide) groups is 1. The number of nitrogens with one attached hydrogen (secondary N) is 1. The average molecular weight is 306 g/mol. The number of carbonyl (C=O) groups excluding carboxylic acids is 1. The third kappa shape index (κ3) is 5.04. The van der Waals surface area contributed by atoms with Gasteiger partial charge in [-0.05, 0) is 37.8 Å². The molecule has 2 atom stereocenters. The van der Waals surface area contributed by atoms with Gasteiger partial charge in [-0.1, -0.05) is 36.2 Å². The van der Waals surface area contributed by atoms with E-state index in [1.165, 1.54) is 11.1 Å². The van der Waals surface area contributed by atoms with E-state index in [0.717, 1.165) is 37.3 Å². The highest BCUT2D eigenvalue weighted by Gasteiger charge is 2.31. The van der Waals surface area contributed by atoms with Crippen molar-refractivity contribution in [2.24, 2.45) is 17.6 Å². The van der Waals surface area contributed by atoms with E-state index in [9.17, 15) is 4.79 Å². The molecule has 1 aliphatic rings. The van der Waals surface area contributed by atoms with E-state index in [4.69, 9.17) is 5.73 Å². The lowest BCUT2D eigenvalue weighted by molar-refractivity contribution is -0.125. The molecule has 0 spiro atoms. The molecule has 0 radical (unpaired) electrons. The van der Waals surface area contributed by atoms with Crippen LogP contribution < -0.4 is 11.1 Å². The van der Waals surface area contributed by atoms with Gasteiger partial charge in [0.25, 0.3) is 0 Å². The summed E-state index contributed by atoms with van der Waals surface area (Å²) in [5, 5.41) is 3.07. The molecule has 0 unspecified atom stereocenters. The number of carbonyl (C=O) groups is 1. The van der Waals surface area contributed by atoms with Crippen molar-refractivity contribution in [1.29, 1.82) is 0 Å². The summed E-state index contributed by atoms with van der Waals surface area (Å²) < 4.78 is 0. The molecule has 1 aromatic carbocycles. The van der Waals surface area contributed by atoms with Crippen LogP contribution in [0.2, 0.25) is 0 Å². The van der Waals surface area contributed by atoms with Gasteiger partial charge in [-0.15, -0.1) is 0 Å². The molecule has 116 valence electrons. The summed E-state index contributed by atoms with van der Waals surface area (Å²) in [5.41, 5.74) is 8.37. The van der Waals surface area contributed by atoms with Gasteiger partial charge < -0.3 is 11.1 Å². The summed E-state index contributed by atoms with van der Waals surface area (Å²) in [6.07, 6.45) is 3.25. The molecule has 2 rings (SSSR count). The molecule has 1 aliphatic carbocycles. The molecule has 3 nitrogen and oxygen atoms in total. The largest absolute Gasteiger partial charge is 0.355 e. The normalized spacial score (nSPS) is 21.4. The number of nitrogens with two attached hydrogens (primary N) is 1. The number of aryl methyl sites for hydroxylation is 1. The lowest BCUT2D eigenvalue weighted by Gasteiger charge is -2.17. The summed E-state index contributed by atoms with van der Waals surface area (Å²) >= 11 is 1.86. The molecule has 1 amide bonds. The number of hydrogen-bond acceptors (Lipinski definition) is 3. The fourth-order valence-corrected chi connectivity index (χ4v) is 3.73. The maximum Gasteiger partial charge on any atom is 0.223 e. The van der Waals surface area contributed by atoms with E-state index in [1.807, 2.05) is 11.8 Å². The van der Waals surface area contributed by atoms with Crippen molar-refractivity contribution >= 4 is 17.7 Å². The SMILES string of the molecule is Cc1ccc(CSCCNC(=O)[C@@H]2CCC[C@@H]2CN)cc1. The number of hydrogen-bond donors (Lipinski definition) is 2. The maximum absolute atomic E-state index is 12.1. The van der Waals surface area contributed by atoms with E-state index >= 15 is 0 Å². The topological polar surface area (TPSA) is 55.1 Å². The predicted molar refractivity (Wildman–Crippen MR) is 90.2 cm³/mol. The molecule has 1 aromatic rings. The van der Waals surface area contributed by atoms with Gasteiger partial charge in [0.05, 0.1) is 0 Å². The number of amides is 1. The number of rotatable bonds is 7. The van der Waals surface area contributed by atoms with Crippen LogP contribution in [0.3, 0.4) is 0 Å². The maximum atomic E-state index is 12.1. The molecule has 1 saturated carbocycles. The summed E-state index contributed by atoms with van der Waals surface area (Å²) in [7, 11) is 0. The summed E-state index contributed by atoms with van der Waals surface area (Å²) in [4.78, 5) is 12.1. The van der Waals surface area contributed by atoms with Crippen molar-refractivity contribution in [2.45, 2.75) is 31.9 Å². The van der Waals surface area contributed by atoms with Gasteiger partial charge in [-0.3, -0.25) is 4.79 Å². The van der Waals surface area contributed by atoms with Gasteiger partial charge in [0.2, 0.25) is 5.91 Å². The summed E-state index contributed by atoms with van der Waals surface area (Å²) in [6.45, 7) is 3.49. The fraction of sp³-hybridized carbons (Fsp3) is 0.588. The second-order valence-corrected chi connectivity index (χ2v) is 6.97. The Balaban J connectivity index is 1.61. The van der Waals surface area contributed by atoms with Crippen molar-refractivity contribution in [3.63, 3.8) is 0 Å². The highest BCUT2D eigenvalue weighted by molar-refractivity contribution is 7.98. The van der Waals surface area contributed by atoms with Crippen LogP contribution in [0.5, 0.6) is 0 Å². The quantitative estimate of drug-likeness (QED) is 0.762. The van der Waals surface area contributed by atoms with Crippen LogP contribution >= 0.6 is 11.8 Å². The second kappa shape index (κ2) is 8.44. The monoisotopic (exact) mass is 306 g/mol. The van der Waals surface area contributed by atoms with Crippen molar-refractivity contribution in [3.05, 3.63) is 35.4 Å². The lowest BCUT2D eigenvalue weighted by atomic mass is 9.95. The standard InChI is InChI=1S/C17H26N2OS/c1-13-5-7-14(8-6-13)12-21-10-9-19-17(20)16-4-2-3-15(16)11-18/h5-8,15-16H,2-4,9-12,18H2,1H3,(H,19,20)/t15-,16-/m1/s1. The van der Waals surface area contributed by atoms with Crippen LogP contribution in [0.15, 0.2) is 24.3 Å². The summed E-state index contributed by atoms with van der Waals surface area (Å²) in [5.74, 6) is 2.71. The third-order valence-corrected chi connectivity index (χ3v) is 5.26. The predicted octanol–water partition coefficient (Wildman–Crippen LogP) is 2.72. The van der Waals surface area contributed by atoms with Crippen LogP contribution in [0, 0.1) is 18.8 Å². The molecule has 1 fully saturated rings. The van der Waals surface area contributed by atoms with Gasteiger partial charge in [0.1, 0.15) is 0 Å². The molecular formula is C17H26N2OS. The van der Waals surface area contributed by atoms with Crippen molar-refractivity contribution in [2.75, 3.05) is 18.8 Å². The minimum absolute atomic E-state index is 0.150. The minimum Gasteiger partial charge on any atom is -0.355 e. The molecular weight excluding hydrogens is 280 g/mol.